The Bertz CT molecular complexity index is 686. The first-order chi connectivity index (χ1) is 11.3. The van der Waals surface area contributed by atoms with Gasteiger partial charge in [-0.25, -0.2) is 9.78 Å². The van der Waals surface area contributed by atoms with E-state index in [9.17, 15) is 18.0 Å². The van der Waals surface area contributed by atoms with Crippen LogP contribution < -0.4 is 5.73 Å². The van der Waals surface area contributed by atoms with Crippen LogP contribution in [-0.4, -0.2) is 11.1 Å². The maximum Gasteiger partial charge on any atom is 0.416 e. The van der Waals surface area contributed by atoms with Crippen molar-refractivity contribution in [3.8, 4) is 0 Å². The minimum Gasteiger partial charge on any atom is -0.445 e. The molecule has 5 nitrogen and oxygen atoms in total. The lowest BCUT2D eigenvalue weighted by Crippen LogP contribution is -2.36. The molecule has 0 radical (unpaired) electrons. The second-order valence-corrected chi connectivity index (χ2v) is 5.27. The van der Waals surface area contributed by atoms with E-state index in [0.29, 0.717) is 6.42 Å². The van der Waals surface area contributed by atoms with E-state index < -0.39 is 23.4 Å². The molecule has 1 atom stereocenters. The molecular formula is C16H17F3N2O3. The zero-order valence-corrected chi connectivity index (χ0v) is 13.0. The van der Waals surface area contributed by atoms with E-state index in [1.165, 1.54) is 24.6 Å². The van der Waals surface area contributed by atoms with E-state index in [2.05, 4.69) is 4.98 Å². The minimum atomic E-state index is -4.53. The summed E-state index contributed by atoms with van der Waals surface area (Å²) in [7, 11) is 0. The summed E-state index contributed by atoms with van der Waals surface area (Å²) in [6.07, 6.45) is -1.59. The molecule has 1 heterocycles. The third-order valence-electron chi connectivity index (χ3n) is 3.59. The predicted octanol–water partition coefficient (Wildman–Crippen LogP) is 4.22. The van der Waals surface area contributed by atoms with Crippen molar-refractivity contribution in [2.75, 3.05) is 0 Å². The van der Waals surface area contributed by atoms with Gasteiger partial charge in [0.15, 0.2) is 0 Å². The average molecular weight is 342 g/mol. The van der Waals surface area contributed by atoms with Gasteiger partial charge in [-0.15, -0.1) is 0 Å². The fraction of sp³-hybridized carbons (Fsp3) is 0.375. The number of hydrogen-bond donors (Lipinski definition) is 1. The Morgan fingerprint density at radius 1 is 1.33 bits per heavy atom. The Hall–Kier alpha value is -2.51. The van der Waals surface area contributed by atoms with Crippen LogP contribution in [0.3, 0.4) is 0 Å². The lowest BCUT2D eigenvalue weighted by atomic mass is 9.87. The zero-order valence-electron chi connectivity index (χ0n) is 13.0. The molecule has 0 spiro atoms. The van der Waals surface area contributed by atoms with Gasteiger partial charge in [0, 0.05) is 12.0 Å². The number of alkyl halides is 3. The largest absolute Gasteiger partial charge is 0.445 e. The number of carbonyl (C=O) groups is 1. The number of halogens is 3. The maximum absolute atomic E-state index is 13.0. The second kappa shape index (κ2) is 6.94. The zero-order chi connectivity index (χ0) is 17.8. The smallest absolute Gasteiger partial charge is 0.416 e. The monoisotopic (exact) mass is 342 g/mol. The molecule has 1 aromatic heterocycles. The Morgan fingerprint density at radius 2 is 2.04 bits per heavy atom. The number of carbonyl (C=O) groups excluding carboxylic acids is 1. The highest BCUT2D eigenvalue weighted by atomic mass is 19.4. The first-order valence-corrected chi connectivity index (χ1v) is 7.35. The quantitative estimate of drug-likeness (QED) is 0.852. The maximum atomic E-state index is 13.0. The molecule has 0 bridgehead atoms. The Labute approximate surface area is 136 Å². The second-order valence-electron chi connectivity index (χ2n) is 5.27. The number of nitrogens with two attached hydrogens (primary N) is 1. The van der Waals surface area contributed by atoms with Gasteiger partial charge in [-0.2, -0.15) is 13.2 Å². The Kier molecular flexibility index (Phi) is 5.16. The summed E-state index contributed by atoms with van der Waals surface area (Å²) in [5, 5.41) is 0. The molecular weight excluding hydrogens is 325 g/mol. The topological polar surface area (TPSA) is 78.4 Å². The summed E-state index contributed by atoms with van der Waals surface area (Å²) < 4.78 is 49.6. The lowest BCUT2D eigenvalue weighted by molar-refractivity contribution is -0.137. The molecule has 1 amide bonds. The van der Waals surface area contributed by atoms with Gasteiger partial charge in [-0.05, 0) is 18.6 Å². The van der Waals surface area contributed by atoms with Crippen LogP contribution in [-0.2, 0) is 16.5 Å². The Balaban J connectivity index is 2.62. The summed E-state index contributed by atoms with van der Waals surface area (Å²) in [6.45, 7) is 1.90. The van der Waals surface area contributed by atoms with Gasteiger partial charge >= 0.3 is 12.3 Å². The van der Waals surface area contributed by atoms with Gasteiger partial charge in [-0.1, -0.05) is 25.5 Å². The molecule has 8 heteroatoms. The number of unbranched alkanes of at least 4 members (excludes halogenated alkanes) is 1. The van der Waals surface area contributed by atoms with Crippen molar-refractivity contribution in [1.29, 1.82) is 0 Å². The number of primary amides is 1. The van der Waals surface area contributed by atoms with Crippen molar-refractivity contribution in [3.63, 3.8) is 0 Å². The van der Waals surface area contributed by atoms with Crippen LogP contribution in [0.5, 0.6) is 0 Å². The fourth-order valence-electron chi connectivity index (χ4n) is 2.50. The minimum absolute atomic E-state index is 0.0194. The van der Waals surface area contributed by atoms with Crippen LogP contribution in [0.2, 0.25) is 0 Å². The number of aromatic nitrogens is 1. The average Bonchev–Trinajstić information content (AvgIpc) is 3.05. The van der Waals surface area contributed by atoms with Crippen molar-refractivity contribution in [2.45, 2.75) is 38.0 Å². The van der Waals surface area contributed by atoms with E-state index in [0.717, 1.165) is 18.6 Å². The van der Waals surface area contributed by atoms with E-state index in [4.69, 9.17) is 14.9 Å². The molecule has 0 fully saturated rings. The molecule has 2 N–H and O–H groups in total. The third kappa shape index (κ3) is 3.69. The molecule has 0 aliphatic rings. The molecule has 1 aromatic carbocycles. The van der Waals surface area contributed by atoms with Gasteiger partial charge in [0.25, 0.3) is 0 Å². The molecule has 2 rings (SSSR count). The molecule has 24 heavy (non-hydrogen) atoms. The highest BCUT2D eigenvalue weighted by Gasteiger charge is 2.43. The number of ether oxygens (including phenoxy) is 1. The van der Waals surface area contributed by atoms with Crippen LogP contribution in [0.15, 0.2) is 41.1 Å². The van der Waals surface area contributed by atoms with Crippen molar-refractivity contribution >= 4 is 6.09 Å². The first kappa shape index (κ1) is 17.8. The molecule has 2 aromatic rings. The van der Waals surface area contributed by atoms with Crippen LogP contribution in [0.4, 0.5) is 18.0 Å². The van der Waals surface area contributed by atoms with Gasteiger partial charge in [0.2, 0.25) is 11.5 Å². The number of rotatable bonds is 6. The number of hydrogen-bond acceptors (Lipinski definition) is 4. The molecule has 0 aliphatic heterocycles. The van der Waals surface area contributed by atoms with Crippen molar-refractivity contribution in [2.24, 2.45) is 5.73 Å². The van der Waals surface area contributed by atoms with Crippen molar-refractivity contribution in [1.82, 2.24) is 4.98 Å². The lowest BCUT2D eigenvalue weighted by Gasteiger charge is -2.30. The van der Waals surface area contributed by atoms with E-state index >= 15 is 0 Å². The fourth-order valence-corrected chi connectivity index (χ4v) is 2.50. The van der Waals surface area contributed by atoms with Gasteiger partial charge in [0.05, 0.1) is 11.8 Å². The van der Waals surface area contributed by atoms with Gasteiger partial charge < -0.3 is 14.9 Å². The Morgan fingerprint density at radius 3 is 2.58 bits per heavy atom. The van der Waals surface area contributed by atoms with Crippen LogP contribution in [0.25, 0.3) is 0 Å². The normalized spacial score (nSPS) is 14.2. The molecule has 0 saturated heterocycles. The summed E-state index contributed by atoms with van der Waals surface area (Å²) in [5.74, 6) is -0.0194. The molecule has 1 unspecified atom stereocenters. The number of nitrogens with zero attached hydrogens (tertiary/aromatic N) is 1. The van der Waals surface area contributed by atoms with Crippen molar-refractivity contribution in [3.05, 3.63) is 53.7 Å². The van der Waals surface area contributed by atoms with E-state index in [-0.39, 0.29) is 17.9 Å². The highest BCUT2D eigenvalue weighted by Crippen LogP contribution is 2.40. The van der Waals surface area contributed by atoms with Gasteiger partial charge in [0.1, 0.15) is 6.26 Å². The van der Waals surface area contributed by atoms with Crippen molar-refractivity contribution < 1.29 is 27.1 Å². The number of amides is 1. The standard InChI is InChI=1S/C16H17F3N2O3/c1-2-3-7-15(24-14(20)22,13-21-8-9-23-13)11-5-4-6-12(10-11)16(17,18)19/h4-6,8-10H,2-3,7H2,1H3,(H2,20,22). The SMILES string of the molecule is CCCCC(OC(N)=O)(c1cccc(C(F)(F)F)c1)c1ncco1. The van der Waals surface area contributed by atoms with E-state index in [1.807, 2.05) is 6.92 Å². The van der Waals surface area contributed by atoms with Crippen LogP contribution >= 0.6 is 0 Å². The predicted molar refractivity (Wildman–Crippen MR) is 78.9 cm³/mol. The summed E-state index contributed by atoms with van der Waals surface area (Å²) in [6, 6.07) is 4.53. The summed E-state index contributed by atoms with van der Waals surface area (Å²) in [4.78, 5) is 15.4. The summed E-state index contributed by atoms with van der Waals surface area (Å²) >= 11 is 0. The third-order valence-corrected chi connectivity index (χ3v) is 3.59. The van der Waals surface area contributed by atoms with E-state index in [1.54, 1.807) is 0 Å². The number of oxazole rings is 1. The van der Waals surface area contributed by atoms with Gasteiger partial charge in [-0.3, -0.25) is 0 Å². The number of benzene rings is 1. The molecule has 0 saturated carbocycles. The summed E-state index contributed by atoms with van der Waals surface area (Å²) in [5.41, 5.74) is 2.80. The molecule has 0 aliphatic carbocycles. The van der Waals surface area contributed by atoms with Crippen LogP contribution in [0.1, 0.15) is 43.2 Å². The first-order valence-electron chi connectivity index (χ1n) is 7.35. The highest BCUT2D eigenvalue weighted by molar-refractivity contribution is 5.66. The molecule has 130 valence electrons. The van der Waals surface area contributed by atoms with Crippen LogP contribution in [0, 0.1) is 0 Å².